The normalized spacial score (nSPS) is 12.0. The number of thiophene rings is 1. The van der Waals surface area contributed by atoms with E-state index in [-0.39, 0.29) is 6.61 Å². The summed E-state index contributed by atoms with van der Waals surface area (Å²) in [5, 5.41) is 2.97. The van der Waals surface area contributed by atoms with Crippen LogP contribution in [-0.2, 0) is 17.9 Å². The second-order valence-electron chi connectivity index (χ2n) is 3.01. The zero-order valence-corrected chi connectivity index (χ0v) is 9.04. The second kappa shape index (κ2) is 5.48. The fourth-order valence-electron chi connectivity index (χ4n) is 1.04. The molecule has 1 rings (SSSR count). The molecule has 0 aliphatic carbocycles. The molecule has 0 aliphatic heterocycles. The summed E-state index contributed by atoms with van der Waals surface area (Å²) in [7, 11) is 1.82. The molecule has 1 heterocycles. The maximum Gasteiger partial charge on any atom is 0.411 e. The Morgan fingerprint density at radius 2 is 2.00 bits per heavy atom. The second-order valence-corrected chi connectivity index (χ2v) is 4.26. The van der Waals surface area contributed by atoms with Crippen molar-refractivity contribution < 1.29 is 17.9 Å². The Balaban J connectivity index is 2.31. The largest absolute Gasteiger partial charge is 0.411 e. The summed E-state index contributed by atoms with van der Waals surface area (Å²) in [6.45, 7) is -0.440. The topological polar surface area (TPSA) is 21.3 Å². The van der Waals surface area contributed by atoms with E-state index in [1.54, 1.807) is 6.07 Å². The van der Waals surface area contributed by atoms with Crippen LogP contribution in [0, 0.1) is 0 Å². The minimum atomic E-state index is -4.24. The molecule has 0 amide bonds. The molecule has 0 spiro atoms. The van der Waals surface area contributed by atoms with Crippen LogP contribution in [0.5, 0.6) is 0 Å². The number of ether oxygens (including phenoxy) is 1. The molecule has 1 aromatic heterocycles. The van der Waals surface area contributed by atoms with Crippen molar-refractivity contribution in [3.05, 3.63) is 21.9 Å². The monoisotopic (exact) mass is 239 g/mol. The maximum absolute atomic E-state index is 11.8. The number of rotatable bonds is 5. The molecule has 0 fully saturated rings. The van der Waals surface area contributed by atoms with Gasteiger partial charge in [-0.2, -0.15) is 13.2 Å². The van der Waals surface area contributed by atoms with E-state index < -0.39 is 12.8 Å². The van der Waals surface area contributed by atoms with Gasteiger partial charge in [0.15, 0.2) is 0 Å². The minimum absolute atomic E-state index is 0.0217. The molecule has 2 nitrogen and oxygen atoms in total. The lowest BCUT2D eigenvalue weighted by atomic mass is 10.4. The van der Waals surface area contributed by atoms with Gasteiger partial charge in [-0.25, -0.2) is 0 Å². The highest BCUT2D eigenvalue weighted by Crippen LogP contribution is 2.19. The van der Waals surface area contributed by atoms with Crippen molar-refractivity contribution in [3.8, 4) is 0 Å². The summed E-state index contributed by atoms with van der Waals surface area (Å²) >= 11 is 1.45. The predicted molar refractivity (Wildman–Crippen MR) is 52.8 cm³/mol. The number of nitrogens with one attached hydrogen (secondary N) is 1. The molecule has 0 unspecified atom stereocenters. The maximum atomic E-state index is 11.8. The van der Waals surface area contributed by atoms with Crippen molar-refractivity contribution in [2.75, 3.05) is 13.7 Å². The van der Waals surface area contributed by atoms with Crippen molar-refractivity contribution >= 4 is 11.3 Å². The van der Waals surface area contributed by atoms with E-state index >= 15 is 0 Å². The first-order chi connectivity index (χ1) is 7.01. The molecule has 6 heteroatoms. The SMILES string of the molecule is CNCc1ccc(COCC(F)(F)F)s1. The van der Waals surface area contributed by atoms with E-state index in [1.165, 1.54) is 11.3 Å². The average molecular weight is 239 g/mol. The summed E-state index contributed by atoms with van der Waals surface area (Å²) < 4.78 is 39.8. The fourth-order valence-corrected chi connectivity index (χ4v) is 2.00. The van der Waals surface area contributed by atoms with E-state index in [0.717, 1.165) is 16.3 Å². The zero-order chi connectivity index (χ0) is 11.3. The first-order valence-corrected chi connectivity index (χ1v) is 5.19. The van der Waals surface area contributed by atoms with Gasteiger partial charge in [-0.15, -0.1) is 11.3 Å². The summed E-state index contributed by atoms with van der Waals surface area (Å²) in [5.41, 5.74) is 0. The Kier molecular flexibility index (Phi) is 4.56. The van der Waals surface area contributed by atoms with Gasteiger partial charge in [0.2, 0.25) is 0 Å². The van der Waals surface area contributed by atoms with Crippen molar-refractivity contribution in [2.45, 2.75) is 19.3 Å². The van der Waals surface area contributed by atoms with Crippen LogP contribution in [0.15, 0.2) is 12.1 Å². The number of alkyl halides is 3. The first-order valence-electron chi connectivity index (χ1n) is 4.38. The quantitative estimate of drug-likeness (QED) is 0.852. The van der Waals surface area contributed by atoms with Gasteiger partial charge in [0.1, 0.15) is 6.61 Å². The van der Waals surface area contributed by atoms with Gasteiger partial charge in [0.05, 0.1) is 6.61 Å². The van der Waals surface area contributed by atoms with Crippen LogP contribution in [0.2, 0.25) is 0 Å². The lowest BCUT2D eigenvalue weighted by Crippen LogP contribution is -2.16. The van der Waals surface area contributed by atoms with E-state index in [1.807, 2.05) is 13.1 Å². The van der Waals surface area contributed by atoms with Gasteiger partial charge in [-0.1, -0.05) is 0 Å². The van der Waals surface area contributed by atoms with Gasteiger partial charge in [0.25, 0.3) is 0 Å². The molecule has 0 aromatic carbocycles. The minimum Gasteiger partial charge on any atom is -0.367 e. The number of halogens is 3. The molecular formula is C9H12F3NOS. The van der Waals surface area contributed by atoms with Crippen LogP contribution in [0.3, 0.4) is 0 Å². The van der Waals surface area contributed by atoms with E-state index in [0.29, 0.717) is 0 Å². The molecule has 1 aromatic rings. The van der Waals surface area contributed by atoms with E-state index in [9.17, 15) is 13.2 Å². The molecular weight excluding hydrogens is 227 g/mol. The standard InChI is InChI=1S/C9H12F3NOS/c1-13-4-7-2-3-8(15-7)5-14-6-9(10,11)12/h2-3,13H,4-6H2,1H3. The highest BCUT2D eigenvalue weighted by Gasteiger charge is 2.27. The summed E-state index contributed by atoms with van der Waals surface area (Å²) in [4.78, 5) is 1.90. The van der Waals surface area contributed by atoms with E-state index in [4.69, 9.17) is 0 Å². The molecule has 86 valence electrons. The van der Waals surface area contributed by atoms with E-state index in [2.05, 4.69) is 10.1 Å². The lowest BCUT2D eigenvalue weighted by Gasteiger charge is -2.05. The molecule has 0 bridgehead atoms. The average Bonchev–Trinajstić information content (AvgIpc) is 2.51. The third-order valence-electron chi connectivity index (χ3n) is 1.58. The van der Waals surface area contributed by atoms with Crippen LogP contribution >= 0.6 is 11.3 Å². The molecule has 0 radical (unpaired) electrons. The van der Waals surface area contributed by atoms with Crippen LogP contribution in [0.1, 0.15) is 9.75 Å². The summed E-state index contributed by atoms with van der Waals surface area (Å²) in [5.74, 6) is 0. The third kappa shape index (κ3) is 5.15. The Bertz CT molecular complexity index is 298. The molecule has 0 aliphatic rings. The summed E-state index contributed by atoms with van der Waals surface area (Å²) in [6, 6.07) is 3.67. The highest BCUT2D eigenvalue weighted by molar-refractivity contribution is 7.11. The van der Waals surface area contributed by atoms with Crippen LogP contribution in [0.25, 0.3) is 0 Å². The zero-order valence-electron chi connectivity index (χ0n) is 8.23. The molecule has 0 atom stereocenters. The van der Waals surface area contributed by atoms with Gasteiger partial charge >= 0.3 is 6.18 Å². The van der Waals surface area contributed by atoms with Crippen molar-refractivity contribution in [3.63, 3.8) is 0 Å². The molecule has 0 saturated carbocycles. The smallest absolute Gasteiger partial charge is 0.367 e. The van der Waals surface area contributed by atoms with Crippen molar-refractivity contribution in [2.24, 2.45) is 0 Å². The van der Waals surface area contributed by atoms with Crippen molar-refractivity contribution in [1.82, 2.24) is 5.32 Å². The lowest BCUT2D eigenvalue weighted by molar-refractivity contribution is -0.176. The van der Waals surface area contributed by atoms with Gasteiger partial charge < -0.3 is 10.1 Å². The van der Waals surface area contributed by atoms with Crippen molar-refractivity contribution in [1.29, 1.82) is 0 Å². The molecule has 1 N–H and O–H groups in total. The fraction of sp³-hybridized carbons (Fsp3) is 0.556. The van der Waals surface area contributed by atoms with Crippen LogP contribution < -0.4 is 5.32 Å². The Labute approximate surface area is 90.1 Å². The van der Waals surface area contributed by atoms with Gasteiger partial charge in [0, 0.05) is 16.3 Å². The van der Waals surface area contributed by atoms with Gasteiger partial charge in [-0.05, 0) is 19.2 Å². The Hall–Kier alpha value is -0.590. The molecule has 15 heavy (non-hydrogen) atoms. The van der Waals surface area contributed by atoms with Crippen LogP contribution in [0.4, 0.5) is 13.2 Å². The first kappa shape index (κ1) is 12.5. The Morgan fingerprint density at radius 3 is 2.60 bits per heavy atom. The highest BCUT2D eigenvalue weighted by atomic mass is 32.1. The summed E-state index contributed by atoms with van der Waals surface area (Å²) in [6.07, 6.45) is -4.24. The molecule has 0 saturated heterocycles. The Morgan fingerprint density at radius 1 is 1.33 bits per heavy atom. The predicted octanol–water partition coefficient (Wildman–Crippen LogP) is 2.55. The third-order valence-corrected chi connectivity index (χ3v) is 2.64. The van der Waals surface area contributed by atoms with Gasteiger partial charge in [-0.3, -0.25) is 0 Å². The number of hydrogen-bond donors (Lipinski definition) is 1. The number of hydrogen-bond acceptors (Lipinski definition) is 3. The van der Waals surface area contributed by atoms with Crippen LogP contribution in [-0.4, -0.2) is 19.8 Å².